The molecular formula is C10H17N3O2S. The van der Waals surface area contributed by atoms with Crippen molar-refractivity contribution in [2.45, 2.75) is 37.8 Å². The Morgan fingerprint density at radius 1 is 1.56 bits per heavy atom. The summed E-state index contributed by atoms with van der Waals surface area (Å²) in [6, 6.07) is 0. The Balaban J connectivity index is 2.71. The Hall–Kier alpha value is -1.04. The SMILES string of the molecule is CCCC(C)c1nnc(SCC(=O)O)n1C. The van der Waals surface area contributed by atoms with Gasteiger partial charge in [-0.1, -0.05) is 32.0 Å². The molecule has 0 fully saturated rings. The number of nitrogens with zero attached hydrogens (tertiary/aromatic N) is 3. The molecule has 1 rings (SSSR count). The molecule has 1 heterocycles. The number of aromatic nitrogens is 3. The van der Waals surface area contributed by atoms with Gasteiger partial charge < -0.3 is 9.67 Å². The number of hydrogen-bond acceptors (Lipinski definition) is 4. The number of rotatable bonds is 6. The van der Waals surface area contributed by atoms with E-state index in [-0.39, 0.29) is 5.75 Å². The van der Waals surface area contributed by atoms with E-state index in [9.17, 15) is 4.79 Å². The van der Waals surface area contributed by atoms with E-state index >= 15 is 0 Å². The van der Waals surface area contributed by atoms with Gasteiger partial charge in [-0.15, -0.1) is 10.2 Å². The molecule has 1 aromatic rings. The highest BCUT2D eigenvalue weighted by Crippen LogP contribution is 2.22. The molecule has 0 aliphatic rings. The molecule has 6 heteroatoms. The van der Waals surface area contributed by atoms with Crippen LogP contribution in [0.3, 0.4) is 0 Å². The van der Waals surface area contributed by atoms with E-state index in [0.717, 1.165) is 18.7 Å². The highest BCUT2D eigenvalue weighted by atomic mass is 32.2. The van der Waals surface area contributed by atoms with Crippen LogP contribution < -0.4 is 0 Å². The van der Waals surface area contributed by atoms with Crippen molar-refractivity contribution in [3.05, 3.63) is 5.82 Å². The average molecular weight is 243 g/mol. The topological polar surface area (TPSA) is 68.0 Å². The quantitative estimate of drug-likeness (QED) is 0.773. The minimum atomic E-state index is -0.837. The molecular weight excluding hydrogens is 226 g/mol. The molecule has 0 radical (unpaired) electrons. The Morgan fingerprint density at radius 3 is 2.81 bits per heavy atom. The molecule has 0 spiro atoms. The van der Waals surface area contributed by atoms with E-state index in [1.807, 2.05) is 11.6 Å². The van der Waals surface area contributed by atoms with Crippen LogP contribution in [0.2, 0.25) is 0 Å². The lowest BCUT2D eigenvalue weighted by molar-refractivity contribution is -0.133. The van der Waals surface area contributed by atoms with Crippen molar-refractivity contribution in [1.82, 2.24) is 14.8 Å². The van der Waals surface area contributed by atoms with Gasteiger partial charge in [0.1, 0.15) is 5.82 Å². The normalized spacial score (nSPS) is 12.7. The first-order valence-corrected chi connectivity index (χ1v) is 6.28. The standard InChI is InChI=1S/C10H17N3O2S/c1-4-5-7(2)9-11-12-10(13(9)3)16-6-8(14)15/h7H,4-6H2,1-3H3,(H,14,15). The summed E-state index contributed by atoms with van der Waals surface area (Å²) in [5.74, 6) is 0.473. The molecule has 16 heavy (non-hydrogen) atoms. The lowest BCUT2D eigenvalue weighted by Gasteiger charge is -2.09. The molecule has 1 atom stereocenters. The van der Waals surface area contributed by atoms with Crippen LogP contribution in [-0.2, 0) is 11.8 Å². The molecule has 1 aromatic heterocycles. The van der Waals surface area contributed by atoms with Crippen LogP contribution in [0.15, 0.2) is 5.16 Å². The predicted octanol–water partition coefficient (Wildman–Crippen LogP) is 1.90. The second-order valence-corrected chi connectivity index (χ2v) is 4.71. The second kappa shape index (κ2) is 5.89. The number of thioether (sulfide) groups is 1. The molecule has 1 N–H and O–H groups in total. The molecule has 0 saturated carbocycles. The summed E-state index contributed by atoms with van der Waals surface area (Å²) in [6.45, 7) is 4.24. The summed E-state index contributed by atoms with van der Waals surface area (Å²) >= 11 is 1.20. The second-order valence-electron chi connectivity index (χ2n) is 3.77. The Morgan fingerprint density at radius 2 is 2.25 bits per heavy atom. The fraction of sp³-hybridized carbons (Fsp3) is 0.700. The molecule has 5 nitrogen and oxygen atoms in total. The summed E-state index contributed by atoms with van der Waals surface area (Å²) in [7, 11) is 1.88. The molecule has 90 valence electrons. The van der Waals surface area contributed by atoms with Gasteiger partial charge in [0.25, 0.3) is 0 Å². The van der Waals surface area contributed by atoms with Crippen molar-refractivity contribution in [2.75, 3.05) is 5.75 Å². The molecule has 0 aliphatic carbocycles. The van der Waals surface area contributed by atoms with Gasteiger partial charge in [0.2, 0.25) is 0 Å². The largest absolute Gasteiger partial charge is 0.481 e. The third kappa shape index (κ3) is 3.23. The maximum absolute atomic E-state index is 10.4. The highest BCUT2D eigenvalue weighted by Gasteiger charge is 2.15. The zero-order chi connectivity index (χ0) is 12.1. The van der Waals surface area contributed by atoms with Crippen molar-refractivity contribution in [3.8, 4) is 0 Å². The van der Waals surface area contributed by atoms with Gasteiger partial charge in [-0.2, -0.15) is 0 Å². The van der Waals surface area contributed by atoms with Crippen molar-refractivity contribution in [3.63, 3.8) is 0 Å². The molecule has 0 amide bonds. The summed E-state index contributed by atoms with van der Waals surface area (Å²) < 4.78 is 1.88. The van der Waals surface area contributed by atoms with Crippen LogP contribution in [0.4, 0.5) is 0 Å². The average Bonchev–Trinajstić information content (AvgIpc) is 2.57. The van der Waals surface area contributed by atoms with Crippen molar-refractivity contribution >= 4 is 17.7 Å². The highest BCUT2D eigenvalue weighted by molar-refractivity contribution is 7.99. The van der Waals surface area contributed by atoms with E-state index in [1.54, 1.807) is 0 Å². The van der Waals surface area contributed by atoms with Gasteiger partial charge in [-0.05, 0) is 6.42 Å². The first-order chi connectivity index (χ1) is 7.56. The van der Waals surface area contributed by atoms with Gasteiger partial charge in [-0.3, -0.25) is 4.79 Å². The van der Waals surface area contributed by atoms with Crippen LogP contribution in [0.1, 0.15) is 38.4 Å². The Labute approximate surface area is 99.3 Å². The summed E-state index contributed by atoms with van der Waals surface area (Å²) in [6.07, 6.45) is 2.17. The predicted molar refractivity (Wildman–Crippen MR) is 62.7 cm³/mol. The molecule has 1 unspecified atom stereocenters. The van der Waals surface area contributed by atoms with E-state index in [0.29, 0.717) is 11.1 Å². The fourth-order valence-electron chi connectivity index (χ4n) is 1.57. The number of carbonyl (C=O) groups is 1. The maximum atomic E-state index is 10.4. The monoisotopic (exact) mass is 243 g/mol. The van der Waals surface area contributed by atoms with Crippen molar-refractivity contribution in [2.24, 2.45) is 7.05 Å². The van der Waals surface area contributed by atoms with E-state index in [2.05, 4.69) is 24.0 Å². The van der Waals surface area contributed by atoms with Crippen LogP contribution in [-0.4, -0.2) is 31.6 Å². The number of hydrogen-bond donors (Lipinski definition) is 1. The Bertz CT molecular complexity index is 365. The van der Waals surface area contributed by atoms with Gasteiger partial charge in [0.15, 0.2) is 5.16 Å². The van der Waals surface area contributed by atoms with Crippen LogP contribution in [0, 0.1) is 0 Å². The summed E-state index contributed by atoms with van der Waals surface area (Å²) in [5, 5.41) is 17.4. The van der Waals surface area contributed by atoms with Gasteiger partial charge in [0, 0.05) is 13.0 Å². The summed E-state index contributed by atoms with van der Waals surface area (Å²) in [5.41, 5.74) is 0. The van der Waals surface area contributed by atoms with E-state index in [1.165, 1.54) is 11.8 Å². The van der Waals surface area contributed by atoms with Gasteiger partial charge in [0.05, 0.1) is 5.75 Å². The smallest absolute Gasteiger partial charge is 0.313 e. The zero-order valence-electron chi connectivity index (χ0n) is 9.80. The van der Waals surface area contributed by atoms with Crippen LogP contribution in [0.25, 0.3) is 0 Å². The minimum Gasteiger partial charge on any atom is -0.481 e. The minimum absolute atomic E-state index is 0.0220. The first-order valence-electron chi connectivity index (χ1n) is 5.30. The maximum Gasteiger partial charge on any atom is 0.313 e. The van der Waals surface area contributed by atoms with Gasteiger partial charge >= 0.3 is 5.97 Å². The van der Waals surface area contributed by atoms with E-state index in [4.69, 9.17) is 5.11 Å². The third-order valence-electron chi connectivity index (χ3n) is 2.36. The lowest BCUT2D eigenvalue weighted by atomic mass is 10.1. The summed E-state index contributed by atoms with van der Waals surface area (Å²) in [4.78, 5) is 10.4. The fourth-order valence-corrected chi connectivity index (χ4v) is 2.21. The van der Waals surface area contributed by atoms with E-state index < -0.39 is 5.97 Å². The molecule has 0 aromatic carbocycles. The van der Waals surface area contributed by atoms with Crippen LogP contribution in [0.5, 0.6) is 0 Å². The number of carboxylic acids is 1. The molecule has 0 aliphatic heterocycles. The number of carboxylic acid groups (broad SMARTS) is 1. The lowest BCUT2D eigenvalue weighted by Crippen LogP contribution is -2.05. The number of aliphatic carboxylic acids is 1. The molecule has 0 saturated heterocycles. The zero-order valence-corrected chi connectivity index (χ0v) is 10.6. The Kier molecular flexibility index (Phi) is 4.79. The van der Waals surface area contributed by atoms with Crippen molar-refractivity contribution in [1.29, 1.82) is 0 Å². The van der Waals surface area contributed by atoms with Gasteiger partial charge in [-0.25, -0.2) is 0 Å². The first kappa shape index (κ1) is 13.0. The third-order valence-corrected chi connectivity index (χ3v) is 3.36. The van der Waals surface area contributed by atoms with Crippen LogP contribution >= 0.6 is 11.8 Å². The van der Waals surface area contributed by atoms with Crippen molar-refractivity contribution < 1.29 is 9.90 Å². The molecule has 0 bridgehead atoms.